The van der Waals surface area contributed by atoms with Crippen LogP contribution in [0.4, 0.5) is 5.69 Å². The van der Waals surface area contributed by atoms with Gasteiger partial charge in [0.1, 0.15) is 5.15 Å². The fourth-order valence-electron chi connectivity index (χ4n) is 2.97. The minimum absolute atomic E-state index is 0.175. The monoisotopic (exact) mass is 425 g/mol. The molecule has 2 heterocycles. The molecule has 0 aliphatic carbocycles. The van der Waals surface area contributed by atoms with E-state index in [4.69, 9.17) is 11.6 Å². The number of rotatable bonds is 8. The molecule has 0 saturated heterocycles. The van der Waals surface area contributed by atoms with Crippen molar-refractivity contribution in [3.63, 3.8) is 0 Å². The van der Waals surface area contributed by atoms with Crippen molar-refractivity contribution in [3.05, 3.63) is 70.5 Å². The van der Waals surface area contributed by atoms with Crippen LogP contribution in [0.3, 0.4) is 0 Å². The quantitative estimate of drug-likeness (QED) is 0.431. The molecule has 2 aromatic heterocycles. The van der Waals surface area contributed by atoms with Crippen LogP contribution in [0.2, 0.25) is 5.15 Å². The van der Waals surface area contributed by atoms with Gasteiger partial charge in [0.15, 0.2) is 5.82 Å². The van der Waals surface area contributed by atoms with Crippen LogP contribution in [0, 0.1) is 6.92 Å². The van der Waals surface area contributed by atoms with Crippen molar-refractivity contribution >= 4 is 35.1 Å². The van der Waals surface area contributed by atoms with Gasteiger partial charge in [0.05, 0.1) is 5.69 Å². The standard InChI is InChI=1S/C22H24ClN5O2/c1-4-5-13-28-21(23)18(15(2)26-28)10-11-19(29)25-17-8-6-16(7-9-17)20(30)22-24-12-14-27(22)3/h6-12,14H,4-5,13H2,1-3H3,(H,25,29)/b11-10+. The molecule has 0 radical (unpaired) electrons. The number of amides is 1. The van der Waals surface area contributed by atoms with Gasteiger partial charge in [0.25, 0.3) is 0 Å². The first-order valence-electron chi connectivity index (χ1n) is 9.74. The van der Waals surface area contributed by atoms with Crippen LogP contribution in [0.15, 0.2) is 42.7 Å². The van der Waals surface area contributed by atoms with Gasteiger partial charge in [-0.15, -0.1) is 0 Å². The molecule has 0 unspecified atom stereocenters. The number of hydrogen-bond donors (Lipinski definition) is 1. The molecular weight excluding hydrogens is 402 g/mol. The zero-order valence-corrected chi connectivity index (χ0v) is 18.0. The Morgan fingerprint density at radius 1 is 1.23 bits per heavy atom. The molecule has 3 aromatic rings. The van der Waals surface area contributed by atoms with E-state index in [2.05, 4.69) is 22.3 Å². The highest BCUT2D eigenvalue weighted by Gasteiger charge is 2.14. The van der Waals surface area contributed by atoms with E-state index in [-0.39, 0.29) is 11.7 Å². The third-order valence-electron chi connectivity index (χ3n) is 4.67. The molecule has 3 rings (SSSR count). The van der Waals surface area contributed by atoms with Gasteiger partial charge < -0.3 is 9.88 Å². The highest BCUT2D eigenvalue weighted by Crippen LogP contribution is 2.22. The summed E-state index contributed by atoms with van der Waals surface area (Å²) in [6, 6.07) is 6.69. The normalized spacial score (nSPS) is 11.2. The Morgan fingerprint density at radius 2 is 1.97 bits per heavy atom. The number of hydrogen-bond acceptors (Lipinski definition) is 4. The molecule has 0 aliphatic rings. The average Bonchev–Trinajstić information content (AvgIpc) is 3.27. The molecule has 0 spiro atoms. The summed E-state index contributed by atoms with van der Waals surface area (Å²) in [5.74, 6) is -0.109. The van der Waals surface area contributed by atoms with Gasteiger partial charge in [-0.3, -0.25) is 14.3 Å². The Morgan fingerprint density at radius 3 is 2.60 bits per heavy atom. The van der Waals surface area contributed by atoms with Crippen molar-refractivity contribution < 1.29 is 9.59 Å². The molecule has 1 N–H and O–H groups in total. The molecule has 0 fully saturated rings. The van der Waals surface area contributed by atoms with E-state index in [9.17, 15) is 9.59 Å². The second kappa shape index (κ2) is 9.54. The lowest BCUT2D eigenvalue weighted by Crippen LogP contribution is -2.10. The summed E-state index contributed by atoms with van der Waals surface area (Å²) in [4.78, 5) is 28.8. The Kier molecular flexibility index (Phi) is 6.84. The van der Waals surface area contributed by atoms with Crippen LogP contribution < -0.4 is 5.32 Å². The molecule has 0 atom stereocenters. The molecule has 156 valence electrons. The van der Waals surface area contributed by atoms with Gasteiger partial charge >= 0.3 is 0 Å². The molecule has 7 nitrogen and oxygen atoms in total. The minimum atomic E-state index is -0.296. The van der Waals surface area contributed by atoms with E-state index in [1.807, 2.05) is 6.92 Å². The number of nitrogens with zero attached hydrogens (tertiary/aromatic N) is 4. The summed E-state index contributed by atoms with van der Waals surface area (Å²) in [5.41, 5.74) is 2.60. The van der Waals surface area contributed by atoms with Crippen molar-refractivity contribution in [2.45, 2.75) is 33.2 Å². The van der Waals surface area contributed by atoms with Crippen LogP contribution in [0.5, 0.6) is 0 Å². The summed E-state index contributed by atoms with van der Waals surface area (Å²) in [6.45, 7) is 4.72. The first kappa shape index (κ1) is 21.5. The van der Waals surface area contributed by atoms with Gasteiger partial charge in [-0.2, -0.15) is 5.10 Å². The molecule has 1 aromatic carbocycles. The van der Waals surface area contributed by atoms with Gasteiger partial charge in [0.2, 0.25) is 11.7 Å². The average molecular weight is 426 g/mol. The molecule has 0 saturated carbocycles. The van der Waals surface area contributed by atoms with Crippen molar-refractivity contribution in [2.75, 3.05) is 5.32 Å². The number of imidazole rings is 1. The second-order valence-electron chi connectivity index (χ2n) is 6.96. The summed E-state index contributed by atoms with van der Waals surface area (Å²) >= 11 is 6.39. The number of aryl methyl sites for hydroxylation is 3. The van der Waals surface area contributed by atoms with Gasteiger partial charge in [-0.1, -0.05) is 24.9 Å². The van der Waals surface area contributed by atoms with Crippen LogP contribution >= 0.6 is 11.6 Å². The zero-order valence-electron chi connectivity index (χ0n) is 17.2. The predicted molar refractivity (Wildman–Crippen MR) is 118 cm³/mol. The summed E-state index contributed by atoms with van der Waals surface area (Å²) in [7, 11) is 1.77. The molecule has 30 heavy (non-hydrogen) atoms. The Labute approximate surface area is 180 Å². The summed E-state index contributed by atoms with van der Waals surface area (Å²) < 4.78 is 3.43. The van der Waals surface area contributed by atoms with E-state index in [0.717, 1.165) is 30.6 Å². The highest BCUT2D eigenvalue weighted by atomic mass is 35.5. The number of halogens is 1. The van der Waals surface area contributed by atoms with E-state index in [0.29, 0.717) is 22.2 Å². The Balaban J connectivity index is 1.65. The number of benzene rings is 1. The number of aromatic nitrogens is 4. The SMILES string of the molecule is CCCCn1nc(C)c(/C=C/C(=O)Nc2ccc(C(=O)c3nccn3C)cc2)c1Cl. The zero-order chi connectivity index (χ0) is 21.7. The predicted octanol–water partition coefficient (Wildman–Crippen LogP) is 4.26. The fourth-order valence-corrected chi connectivity index (χ4v) is 3.30. The number of ketones is 1. The van der Waals surface area contributed by atoms with Gasteiger partial charge in [-0.05, 0) is 43.7 Å². The molecule has 0 bridgehead atoms. The third kappa shape index (κ3) is 4.86. The Bertz CT molecular complexity index is 1080. The highest BCUT2D eigenvalue weighted by molar-refractivity contribution is 6.31. The minimum Gasteiger partial charge on any atom is -0.331 e. The number of anilines is 1. The van der Waals surface area contributed by atoms with Crippen molar-refractivity contribution in [2.24, 2.45) is 7.05 Å². The van der Waals surface area contributed by atoms with E-state index < -0.39 is 0 Å². The number of nitrogens with one attached hydrogen (secondary N) is 1. The number of carbonyl (C=O) groups is 2. The summed E-state index contributed by atoms with van der Waals surface area (Å²) in [6.07, 6.45) is 8.43. The maximum absolute atomic E-state index is 12.5. The third-order valence-corrected chi connectivity index (χ3v) is 5.07. The van der Waals surface area contributed by atoms with Crippen molar-refractivity contribution in [1.29, 1.82) is 0 Å². The van der Waals surface area contributed by atoms with Crippen molar-refractivity contribution in [3.8, 4) is 0 Å². The molecule has 8 heteroatoms. The van der Waals surface area contributed by atoms with Gasteiger partial charge in [-0.25, -0.2) is 4.98 Å². The van der Waals surface area contributed by atoms with E-state index in [1.54, 1.807) is 59.0 Å². The fraction of sp³-hybridized carbons (Fsp3) is 0.273. The summed E-state index contributed by atoms with van der Waals surface area (Å²) in [5, 5.41) is 7.73. The molecule has 1 amide bonds. The van der Waals surface area contributed by atoms with Gasteiger partial charge in [0, 0.05) is 48.9 Å². The lowest BCUT2D eigenvalue weighted by molar-refractivity contribution is -0.111. The molecule has 0 aliphatic heterocycles. The topological polar surface area (TPSA) is 81.8 Å². The largest absolute Gasteiger partial charge is 0.331 e. The first-order chi connectivity index (χ1) is 14.4. The molecular formula is C22H24ClN5O2. The maximum atomic E-state index is 12.5. The smallest absolute Gasteiger partial charge is 0.248 e. The lowest BCUT2D eigenvalue weighted by atomic mass is 10.1. The first-order valence-corrected chi connectivity index (χ1v) is 10.1. The Hall–Kier alpha value is -3.19. The van der Waals surface area contributed by atoms with Crippen LogP contribution in [0.25, 0.3) is 6.08 Å². The van der Waals surface area contributed by atoms with Crippen LogP contribution in [-0.2, 0) is 18.4 Å². The number of carbonyl (C=O) groups excluding carboxylic acids is 2. The number of unbranched alkanes of at least 4 members (excludes halogenated alkanes) is 1. The second-order valence-corrected chi connectivity index (χ2v) is 7.32. The van der Waals surface area contributed by atoms with Crippen LogP contribution in [0.1, 0.15) is 47.2 Å². The van der Waals surface area contributed by atoms with E-state index in [1.165, 1.54) is 6.08 Å². The maximum Gasteiger partial charge on any atom is 0.248 e. The van der Waals surface area contributed by atoms with Crippen LogP contribution in [-0.4, -0.2) is 31.0 Å². The van der Waals surface area contributed by atoms with Crippen molar-refractivity contribution in [1.82, 2.24) is 19.3 Å². The van der Waals surface area contributed by atoms with E-state index >= 15 is 0 Å². The lowest BCUT2D eigenvalue weighted by Gasteiger charge is -2.05.